The number of rotatable bonds is 5. The monoisotopic (exact) mass is 404 g/mol. The number of carbonyl (C=O) groups is 2. The number of benzene rings is 2. The maximum absolute atomic E-state index is 13.1. The number of ether oxygens (including phenoxy) is 2. The molecular weight excluding hydrogens is 384 g/mol. The molecule has 1 aromatic heterocycles. The Kier molecular flexibility index (Phi) is 5.30. The molecule has 0 saturated heterocycles. The van der Waals surface area contributed by atoms with Gasteiger partial charge >= 0.3 is 11.9 Å². The quantitative estimate of drug-likeness (QED) is 0.653. The van der Waals surface area contributed by atoms with Crippen molar-refractivity contribution in [3.8, 4) is 0 Å². The van der Waals surface area contributed by atoms with Crippen molar-refractivity contribution >= 4 is 17.9 Å². The van der Waals surface area contributed by atoms with Gasteiger partial charge in [0.15, 0.2) is 0 Å². The van der Waals surface area contributed by atoms with Crippen molar-refractivity contribution in [2.45, 2.75) is 19.6 Å². The van der Waals surface area contributed by atoms with Gasteiger partial charge in [-0.25, -0.2) is 14.3 Å². The van der Waals surface area contributed by atoms with Crippen LogP contribution in [0.2, 0.25) is 0 Å². The topological polar surface area (TPSA) is 95.3 Å². The number of anilines is 1. The van der Waals surface area contributed by atoms with Gasteiger partial charge in [-0.15, -0.1) is 0 Å². The zero-order chi connectivity index (χ0) is 21.1. The van der Waals surface area contributed by atoms with Crippen LogP contribution in [0.3, 0.4) is 0 Å². The lowest BCUT2D eigenvalue weighted by Gasteiger charge is -2.28. The summed E-state index contributed by atoms with van der Waals surface area (Å²) in [5.41, 5.74) is 3.14. The van der Waals surface area contributed by atoms with E-state index in [4.69, 9.17) is 9.47 Å². The number of carbonyl (C=O) groups excluding carboxylic acids is 2. The Balaban J connectivity index is 1.66. The van der Waals surface area contributed by atoms with Crippen molar-refractivity contribution in [2.24, 2.45) is 0 Å². The molecule has 0 fully saturated rings. The second kappa shape index (κ2) is 8.20. The van der Waals surface area contributed by atoms with Gasteiger partial charge in [-0.1, -0.05) is 42.5 Å². The second-order valence-electron chi connectivity index (χ2n) is 6.77. The maximum Gasteiger partial charge on any atom is 0.338 e. The molecule has 1 N–H and O–H groups in total. The number of nitrogens with one attached hydrogen (secondary N) is 1. The molecule has 0 spiro atoms. The number of hydrogen-bond acceptors (Lipinski definition) is 7. The molecule has 1 aliphatic heterocycles. The third kappa shape index (κ3) is 3.67. The summed E-state index contributed by atoms with van der Waals surface area (Å²) >= 11 is 0. The molecule has 0 bridgehead atoms. The van der Waals surface area contributed by atoms with Crippen LogP contribution in [0.4, 0.5) is 5.95 Å². The van der Waals surface area contributed by atoms with Crippen LogP contribution in [-0.4, -0.2) is 33.8 Å². The molecule has 8 nitrogen and oxygen atoms in total. The van der Waals surface area contributed by atoms with Gasteiger partial charge in [-0.2, -0.15) is 10.1 Å². The Bertz CT molecular complexity index is 1100. The van der Waals surface area contributed by atoms with Gasteiger partial charge in [-0.05, 0) is 30.2 Å². The van der Waals surface area contributed by atoms with E-state index in [2.05, 4.69) is 15.4 Å². The summed E-state index contributed by atoms with van der Waals surface area (Å²) in [7, 11) is 1.33. The van der Waals surface area contributed by atoms with E-state index >= 15 is 0 Å². The Morgan fingerprint density at radius 1 is 1.07 bits per heavy atom. The molecule has 0 radical (unpaired) electrons. The maximum atomic E-state index is 13.1. The largest absolute Gasteiger partial charge is 0.465 e. The lowest BCUT2D eigenvalue weighted by Crippen LogP contribution is -2.29. The Hall–Kier alpha value is -3.94. The first-order chi connectivity index (χ1) is 14.6. The van der Waals surface area contributed by atoms with Gasteiger partial charge in [0, 0.05) is 5.70 Å². The van der Waals surface area contributed by atoms with Crippen molar-refractivity contribution in [3.05, 3.63) is 88.9 Å². The molecule has 8 heteroatoms. The van der Waals surface area contributed by atoms with E-state index in [9.17, 15) is 9.59 Å². The van der Waals surface area contributed by atoms with Crippen LogP contribution in [0.25, 0.3) is 0 Å². The van der Waals surface area contributed by atoms with Gasteiger partial charge in [0.05, 0.1) is 18.2 Å². The third-order valence-electron chi connectivity index (χ3n) is 4.87. The summed E-state index contributed by atoms with van der Waals surface area (Å²) < 4.78 is 12.0. The number of aromatic nitrogens is 3. The lowest BCUT2D eigenvalue weighted by molar-refractivity contribution is -0.140. The van der Waals surface area contributed by atoms with E-state index < -0.39 is 18.0 Å². The van der Waals surface area contributed by atoms with E-state index in [1.165, 1.54) is 13.4 Å². The SMILES string of the molecule is COC(=O)c1ccc(C2C(C(=O)OCc3ccccc3)=C(C)Nc3ncnn32)cc1. The van der Waals surface area contributed by atoms with E-state index in [1.807, 2.05) is 30.3 Å². The minimum absolute atomic E-state index is 0.161. The first-order valence-corrected chi connectivity index (χ1v) is 9.35. The third-order valence-corrected chi connectivity index (χ3v) is 4.87. The van der Waals surface area contributed by atoms with Crippen LogP contribution in [0.5, 0.6) is 0 Å². The number of fused-ring (bicyclic) bond motifs is 1. The van der Waals surface area contributed by atoms with Gasteiger partial charge in [-0.3, -0.25) is 0 Å². The summed E-state index contributed by atoms with van der Waals surface area (Å²) in [6.07, 6.45) is 1.42. The standard InChI is InChI=1S/C22H20N4O4/c1-14-18(21(28)30-12-15-6-4-3-5-7-15)19(26-22(25-14)23-13-24-26)16-8-10-17(11-9-16)20(27)29-2/h3-11,13,19H,12H2,1-2H3,(H,23,24,25). The summed E-state index contributed by atoms with van der Waals surface area (Å²) in [6, 6.07) is 15.8. The molecule has 1 unspecified atom stereocenters. The highest BCUT2D eigenvalue weighted by Gasteiger charge is 2.34. The smallest absolute Gasteiger partial charge is 0.338 e. The van der Waals surface area contributed by atoms with Gasteiger partial charge in [0.1, 0.15) is 19.0 Å². The molecule has 2 aromatic carbocycles. The van der Waals surface area contributed by atoms with Crippen LogP contribution >= 0.6 is 0 Å². The van der Waals surface area contributed by atoms with E-state index in [0.29, 0.717) is 22.8 Å². The van der Waals surface area contributed by atoms with Crippen LogP contribution in [-0.2, 0) is 20.9 Å². The van der Waals surface area contributed by atoms with E-state index in [-0.39, 0.29) is 6.61 Å². The number of nitrogens with zero attached hydrogens (tertiary/aromatic N) is 3. The normalized spacial score (nSPS) is 15.2. The Morgan fingerprint density at radius 3 is 2.50 bits per heavy atom. The van der Waals surface area contributed by atoms with Crippen LogP contribution < -0.4 is 5.32 Å². The fourth-order valence-electron chi connectivity index (χ4n) is 3.38. The lowest BCUT2D eigenvalue weighted by atomic mass is 9.95. The highest BCUT2D eigenvalue weighted by molar-refractivity contribution is 5.93. The average Bonchev–Trinajstić information content (AvgIpc) is 3.24. The van der Waals surface area contributed by atoms with Gasteiger partial charge in [0.2, 0.25) is 5.95 Å². The summed E-state index contributed by atoms with van der Waals surface area (Å²) in [4.78, 5) is 29.0. The first kappa shape index (κ1) is 19.4. The molecule has 1 atom stereocenters. The molecule has 4 rings (SSSR count). The second-order valence-corrected chi connectivity index (χ2v) is 6.77. The molecule has 152 valence electrons. The molecule has 0 aliphatic carbocycles. The highest BCUT2D eigenvalue weighted by atomic mass is 16.5. The van der Waals surface area contributed by atoms with Crippen LogP contribution in [0.1, 0.15) is 34.5 Å². The molecule has 0 amide bonds. The predicted molar refractivity (Wildman–Crippen MR) is 109 cm³/mol. The van der Waals surface area contributed by atoms with Crippen LogP contribution in [0, 0.1) is 0 Å². The molecule has 2 heterocycles. The molecule has 0 saturated carbocycles. The number of esters is 2. The molecule has 3 aromatic rings. The minimum atomic E-state index is -0.543. The number of hydrogen-bond donors (Lipinski definition) is 1. The zero-order valence-corrected chi connectivity index (χ0v) is 16.5. The molecule has 30 heavy (non-hydrogen) atoms. The fourth-order valence-corrected chi connectivity index (χ4v) is 3.38. The number of allylic oxidation sites excluding steroid dienone is 1. The van der Waals surface area contributed by atoms with Crippen molar-refractivity contribution in [2.75, 3.05) is 12.4 Å². The zero-order valence-electron chi connectivity index (χ0n) is 16.5. The molecular formula is C22H20N4O4. The predicted octanol–water partition coefficient (Wildman–Crippen LogP) is 3.10. The van der Waals surface area contributed by atoms with E-state index in [1.54, 1.807) is 35.9 Å². The molecule has 1 aliphatic rings. The van der Waals surface area contributed by atoms with Crippen molar-refractivity contribution in [3.63, 3.8) is 0 Å². The average molecular weight is 404 g/mol. The summed E-state index contributed by atoms with van der Waals surface area (Å²) in [5.74, 6) is -0.358. The summed E-state index contributed by atoms with van der Waals surface area (Å²) in [5, 5.41) is 7.38. The van der Waals surface area contributed by atoms with Crippen molar-refractivity contribution in [1.29, 1.82) is 0 Å². The highest BCUT2D eigenvalue weighted by Crippen LogP contribution is 2.35. The number of methoxy groups -OCH3 is 1. The first-order valence-electron chi connectivity index (χ1n) is 9.35. The Labute approximate surface area is 173 Å². The van der Waals surface area contributed by atoms with Crippen molar-refractivity contribution < 1.29 is 19.1 Å². The minimum Gasteiger partial charge on any atom is -0.465 e. The van der Waals surface area contributed by atoms with Crippen molar-refractivity contribution in [1.82, 2.24) is 14.8 Å². The van der Waals surface area contributed by atoms with Crippen LogP contribution in [0.15, 0.2) is 72.2 Å². The van der Waals surface area contributed by atoms with Gasteiger partial charge in [0.25, 0.3) is 0 Å². The fraction of sp³-hybridized carbons (Fsp3) is 0.182. The Morgan fingerprint density at radius 2 is 1.80 bits per heavy atom. The van der Waals surface area contributed by atoms with E-state index in [0.717, 1.165) is 11.1 Å². The van der Waals surface area contributed by atoms with Gasteiger partial charge < -0.3 is 14.8 Å². The summed E-state index contributed by atoms with van der Waals surface area (Å²) in [6.45, 7) is 1.96.